The molecule has 156 valence electrons. The number of carbonyl (C=O) groups is 1. The van der Waals surface area contributed by atoms with Crippen LogP contribution in [0.2, 0.25) is 0 Å². The van der Waals surface area contributed by atoms with E-state index >= 15 is 0 Å². The van der Waals surface area contributed by atoms with Gasteiger partial charge in [-0.15, -0.1) is 0 Å². The fourth-order valence-electron chi connectivity index (χ4n) is 2.90. The molecule has 0 aromatic rings. The summed E-state index contributed by atoms with van der Waals surface area (Å²) in [6, 6.07) is 0.477. The molecule has 2 aliphatic heterocycles. The third kappa shape index (κ3) is 11.1. The normalized spacial score (nSPS) is 21.0. The first-order chi connectivity index (χ1) is 12.2. The van der Waals surface area contributed by atoms with Crippen molar-refractivity contribution in [2.24, 2.45) is 5.92 Å². The Morgan fingerprint density at radius 3 is 2.15 bits per heavy atom. The molecule has 2 heterocycles. The zero-order valence-corrected chi connectivity index (χ0v) is 18.6. The van der Waals surface area contributed by atoms with Gasteiger partial charge in [-0.05, 0) is 40.5 Å². The van der Waals surface area contributed by atoms with E-state index in [1.54, 1.807) is 0 Å². The Hall–Kier alpha value is -0.650. The van der Waals surface area contributed by atoms with Crippen LogP contribution in [0.3, 0.4) is 0 Å². The first kappa shape index (κ1) is 25.4. The van der Waals surface area contributed by atoms with Gasteiger partial charge in [0, 0.05) is 38.1 Å². The summed E-state index contributed by atoms with van der Waals surface area (Å²) in [4.78, 5) is 15.9. The predicted molar refractivity (Wildman–Crippen MR) is 110 cm³/mol. The minimum Gasteiger partial charge on any atom is -0.379 e. The molecule has 0 spiro atoms. The quantitative estimate of drug-likeness (QED) is 0.752. The zero-order chi connectivity index (χ0) is 20.2. The van der Waals surface area contributed by atoms with Crippen molar-refractivity contribution >= 4 is 5.91 Å². The van der Waals surface area contributed by atoms with Crippen LogP contribution in [0.15, 0.2) is 0 Å². The Morgan fingerprint density at radius 1 is 1.15 bits per heavy atom. The molecule has 26 heavy (non-hydrogen) atoms. The number of likely N-dealkylation sites (tertiary alicyclic amines) is 1. The van der Waals surface area contributed by atoms with Crippen molar-refractivity contribution in [1.29, 1.82) is 0 Å². The minimum atomic E-state index is -0.00765. The van der Waals surface area contributed by atoms with Gasteiger partial charge in [-0.3, -0.25) is 9.69 Å². The fraction of sp³-hybridized carbons (Fsp3) is 0.952. The smallest absolute Gasteiger partial charge is 0.225 e. The minimum absolute atomic E-state index is 0.00765. The topological polar surface area (TPSA) is 42.0 Å². The highest BCUT2D eigenvalue weighted by Gasteiger charge is 2.26. The average molecular weight is 373 g/mol. The molecular weight excluding hydrogens is 328 g/mol. The zero-order valence-electron chi connectivity index (χ0n) is 18.6. The Balaban J connectivity index is 0.000000444. The summed E-state index contributed by atoms with van der Waals surface area (Å²) in [5, 5.41) is 0. The van der Waals surface area contributed by atoms with Crippen LogP contribution >= 0.6 is 0 Å². The van der Waals surface area contributed by atoms with Gasteiger partial charge in [-0.2, -0.15) is 0 Å². The summed E-state index contributed by atoms with van der Waals surface area (Å²) in [5.41, 5.74) is -0.00765. The third-order valence-corrected chi connectivity index (χ3v) is 4.38. The molecule has 5 heteroatoms. The highest BCUT2D eigenvalue weighted by Crippen LogP contribution is 2.18. The van der Waals surface area contributed by atoms with Crippen LogP contribution in [0.1, 0.15) is 68.2 Å². The largest absolute Gasteiger partial charge is 0.379 e. The second-order valence-corrected chi connectivity index (χ2v) is 8.09. The molecule has 0 aliphatic carbocycles. The van der Waals surface area contributed by atoms with E-state index in [4.69, 9.17) is 9.47 Å². The molecule has 5 nitrogen and oxygen atoms in total. The van der Waals surface area contributed by atoms with Crippen molar-refractivity contribution in [3.8, 4) is 0 Å². The average Bonchev–Trinajstić information content (AvgIpc) is 3.02. The molecule has 0 N–H and O–H groups in total. The van der Waals surface area contributed by atoms with Gasteiger partial charge in [0.15, 0.2) is 0 Å². The third-order valence-electron chi connectivity index (χ3n) is 4.38. The lowest BCUT2D eigenvalue weighted by Gasteiger charge is -2.28. The first-order valence-electron chi connectivity index (χ1n) is 10.4. The molecule has 1 unspecified atom stereocenters. The fourth-order valence-corrected chi connectivity index (χ4v) is 2.90. The van der Waals surface area contributed by atoms with E-state index in [-0.39, 0.29) is 11.5 Å². The highest BCUT2D eigenvalue weighted by molar-refractivity contribution is 5.78. The Labute approximate surface area is 162 Å². The van der Waals surface area contributed by atoms with E-state index in [0.717, 1.165) is 46.0 Å². The van der Waals surface area contributed by atoms with Gasteiger partial charge in [-0.25, -0.2) is 0 Å². The van der Waals surface area contributed by atoms with Crippen LogP contribution in [0, 0.1) is 5.92 Å². The molecule has 0 radical (unpaired) electrons. The van der Waals surface area contributed by atoms with Gasteiger partial charge in [0.1, 0.15) is 0 Å². The number of rotatable bonds is 4. The van der Waals surface area contributed by atoms with E-state index in [1.807, 2.05) is 32.6 Å². The van der Waals surface area contributed by atoms with Crippen LogP contribution < -0.4 is 0 Å². The summed E-state index contributed by atoms with van der Waals surface area (Å²) in [6.45, 7) is 23.0. The molecular formula is C21H44N2O3. The standard InChI is InChI=1S/C10H21NO2.C9H17NO.C2H6/c1-10(2,3)13-9-6-11-4-7-12-8-5-11;1-7(2)9(11)10-6-4-5-8(10)3;1-2/h4-9H2,1-3H3;7-8H,4-6H2,1-3H3;1-2H3. The molecule has 0 aromatic carbocycles. The van der Waals surface area contributed by atoms with Crippen molar-refractivity contribution in [2.45, 2.75) is 79.9 Å². The van der Waals surface area contributed by atoms with Gasteiger partial charge < -0.3 is 14.4 Å². The van der Waals surface area contributed by atoms with Gasteiger partial charge >= 0.3 is 0 Å². The van der Waals surface area contributed by atoms with Crippen LogP contribution in [0.4, 0.5) is 0 Å². The summed E-state index contributed by atoms with van der Waals surface area (Å²) in [6.07, 6.45) is 2.36. The summed E-state index contributed by atoms with van der Waals surface area (Å²) >= 11 is 0. The van der Waals surface area contributed by atoms with E-state index in [1.165, 1.54) is 12.8 Å². The molecule has 0 bridgehead atoms. The van der Waals surface area contributed by atoms with Crippen molar-refractivity contribution < 1.29 is 14.3 Å². The number of ether oxygens (including phenoxy) is 2. The molecule has 0 aromatic heterocycles. The van der Waals surface area contributed by atoms with E-state index in [9.17, 15) is 4.79 Å². The predicted octanol–water partition coefficient (Wildman–Crippen LogP) is 3.81. The summed E-state index contributed by atoms with van der Waals surface area (Å²) < 4.78 is 10.9. The van der Waals surface area contributed by atoms with Crippen molar-refractivity contribution in [1.82, 2.24) is 9.80 Å². The lowest BCUT2D eigenvalue weighted by atomic mass is 10.2. The molecule has 2 fully saturated rings. The number of hydrogen-bond acceptors (Lipinski definition) is 4. The van der Waals surface area contributed by atoms with Crippen molar-refractivity contribution in [3.05, 3.63) is 0 Å². The van der Waals surface area contributed by atoms with E-state index in [2.05, 4.69) is 32.6 Å². The van der Waals surface area contributed by atoms with E-state index < -0.39 is 0 Å². The SMILES string of the molecule is CC.CC(C)(C)OCCN1CCOCC1.CC(C)C(=O)N1CCCC1C. The molecule has 2 aliphatic rings. The Bertz CT molecular complexity index is 361. The maximum atomic E-state index is 11.5. The second kappa shape index (κ2) is 13.5. The maximum Gasteiger partial charge on any atom is 0.225 e. The van der Waals surface area contributed by atoms with Gasteiger partial charge in [-0.1, -0.05) is 27.7 Å². The lowest BCUT2D eigenvalue weighted by Crippen LogP contribution is -2.39. The summed E-state index contributed by atoms with van der Waals surface area (Å²) in [5.74, 6) is 0.477. The second-order valence-electron chi connectivity index (χ2n) is 8.09. The molecule has 1 amide bonds. The van der Waals surface area contributed by atoms with Crippen LogP contribution in [-0.2, 0) is 14.3 Å². The van der Waals surface area contributed by atoms with Gasteiger partial charge in [0.25, 0.3) is 0 Å². The lowest BCUT2D eigenvalue weighted by molar-refractivity contribution is -0.134. The molecule has 0 saturated carbocycles. The molecule has 2 saturated heterocycles. The Kier molecular flexibility index (Phi) is 13.2. The van der Waals surface area contributed by atoms with Crippen molar-refractivity contribution in [3.63, 3.8) is 0 Å². The van der Waals surface area contributed by atoms with Gasteiger partial charge in [0.2, 0.25) is 5.91 Å². The monoisotopic (exact) mass is 372 g/mol. The number of nitrogens with zero attached hydrogens (tertiary/aromatic N) is 2. The van der Waals surface area contributed by atoms with Crippen molar-refractivity contribution in [2.75, 3.05) is 46.0 Å². The maximum absolute atomic E-state index is 11.5. The van der Waals surface area contributed by atoms with Crippen LogP contribution in [0.5, 0.6) is 0 Å². The first-order valence-corrected chi connectivity index (χ1v) is 10.4. The molecule has 1 atom stereocenters. The van der Waals surface area contributed by atoms with Gasteiger partial charge in [0.05, 0.1) is 25.4 Å². The van der Waals surface area contributed by atoms with E-state index in [0.29, 0.717) is 11.9 Å². The summed E-state index contributed by atoms with van der Waals surface area (Å²) in [7, 11) is 0. The number of morpholine rings is 1. The number of amides is 1. The van der Waals surface area contributed by atoms with Crippen LogP contribution in [0.25, 0.3) is 0 Å². The number of hydrogen-bond donors (Lipinski definition) is 0. The molecule has 2 rings (SSSR count). The van der Waals surface area contributed by atoms with Crippen LogP contribution in [-0.4, -0.2) is 73.3 Å². The highest BCUT2D eigenvalue weighted by atomic mass is 16.5. The Morgan fingerprint density at radius 2 is 1.73 bits per heavy atom. The number of carbonyl (C=O) groups excluding carboxylic acids is 1.